The zero-order valence-corrected chi connectivity index (χ0v) is 12.4. The molecule has 3 nitrogen and oxygen atoms in total. The van der Waals surface area contributed by atoms with Crippen LogP contribution in [0, 0.1) is 0 Å². The molecule has 2 aromatic carbocycles. The Labute approximate surface area is 130 Å². The summed E-state index contributed by atoms with van der Waals surface area (Å²) in [5.74, 6) is -1.36. The smallest absolute Gasteiger partial charge is 0.347 e. The highest BCUT2D eigenvalue weighted by atomic mass is 32.2. The highest BCUT2D eigenvalue weighted by molar-refractivity contribution is 8.00. The van der Waals surface area contributed by atoms with Crippen molar-refractivity contribution in [2.24, 2.45) is 5.73 Å². The number of rotatable bonds is 5. The Bertz CT molecular complexity index is 661. The summed E-state index contributed by atoms with van der Waals surface area (Å²) in [4.78, 5) is 11.6. The van der Waals surface area contributed by atoms with Crippen LogP contribution in [-0.4, -0.2) is 23.7 Å². The van der Waals surface area contributed by atoms with Crippen molar-refractivity contribution in [2.45, 2.75) is 11.6 Å². The van der Waals surface area contributed by atoms with Gasteiger partial charge in [-0.3, -0.25) is 4.79 Å². The molecule has 3 N–H and O–H groups in total. The molecule has 0 bridgehead atoms. The first-order valence-electron chi connectivity index (χ1n) is 6.58. The Hall–Kier alpha value is -1.73. The summed E-state index contributed by atoms with van der Waals surface area (Å²) in [6.45, 7) is 0.112. The van der Waals surface area contributed by atoms with Gasteiger partial charge in [0, 0.05) is 6.54 Å². The number of hydrogen-bond donors (Lipinski definition) is 2. The molecule has 0 radical (unpaired) electrons. The minimum absolute atomic E-state index is 0.112. The molecule has 0 aliphatic rings. The molecular weight excluding hydrogens is 313 g/mol. The van der Waals surface area contributed by atoms with Crippen molar-refractivity contribution in [3.05, 3.63) is 48.0 Å². The van der Waals surface area contributed by atoms with E-state index in [4.69, 9.17) is 5.73 Å². The van der Waals surface area contributed by atoms with E-state index in [-0.39, 0.29) is 18.3 Å². The van der Waals surface area contributed by atoms with E-state index in [1.165, 1.54) is 0 Å². The van der Waals surface area contributed by atoms with E-state index in [9.17, 15) is 18.0 Å². The van der Waals surface area contributed by atoms with Gasteiger partial charge in [0.2, 0.25) is 5.91 Å². The molecular formula is C15H15F3N2OS. The summed E-state index contributed by atoms with van der Waals surface area (Å²) in [7, 11) is 0. The maximum Gasteiger partial charge on any atom is 0.442 e. The number of nitrogens with two attached hydrogens (primary N) is 1. The Morgan fingerprint density at radius 3 is 2.50 bits per heavy atom. The molecule has 2 rings (SSSR count). The summed E-state index contributed by atoms with van der Waals surface area (Å²) < 4.78 is 36.3. The predicted molar refractivity (Wildman–Crippen MR) is 82.4 cm³/mol. The Balaban J connectivity index is 2.08. The van der Waals surface area contributed by atoms with Crippen LogP contribution in [0.1, 0.15) is 11.6 Å². The molecule has 7 heteroatoms. The second kappa shape index (κ2) is 7.02. The number of thioether (sulfide) groups is 1. The molecule has 0 aromatic heterocycles. The summed E-state index contributed by atoms with van der Waals surface area (Å²) in [6.07, 6.45) is 0. The van der Waals surface area contributed by atoms with Crippen LogP contribution in [0.4, 0.5) is 13.2 Å². The summed E-state index contributed by atoms with van der Waals surface area (Å²) in [6, 6.07) is 12.8. The molecule has 0 saturated heterocycles. The zero-order chi connectivity index (χ0) is 16.2. The van der Waals surface area contributed by atoms with Gasteiger partial charge in [-0.15, -0.1) is 0 Å². The lowest BCUT2D eigenvalue weighted by Gasteiger charge is -2.18. The van der Waals surface area contributed by atoms with Crippen molar-refractivity contribution < 1.29 is 18.0 Å². The van der Waals surface area contributed by atoms with Gasteiger partial charge in [-0.1, -0.05) is 36.4 Å². The van der Waals surface area contributed by atoms with Gasteiger partial charge in [-0.05, 0) is 34.2 Å². The van der Waals surface area contributed by atoms with Gasteiger partial charge < -0.3 is 11.1 Å². The molecule has 1 atom stereocenters. The summed E-state index contributed by atoms with van der Waals surface area (Å²) in [5, 5.41) is 4.56. The molecule has 0 spiro atoms. The zero-order valence-electron chi connectivity index (χ0n) is 11.6. The minimum atomic E-state index is -4.42. The van der Waals surface area contributed by atoms with E-state index in [0.717, 1.165) is 16.3 Å². The molecule has 118 valence electrons. The van der Waals surface area contributed by atoms with Gasteiger partial charge in [-0.25, -0.2) is 0 Å². The van der Waals surface area contributed by atoms with E-state index < -0.39 is 23.2 Å². The lowest BCUT2D eigenvalue weighted by molar-refractivity contribution is -0.119. The average Bonchev–Trinajstić information content (AvgIpc) is 2.49. The van der Waals surface area contributed by atoms with E-state index in [1.54, 1.807) is 0 Å². The fourth-order valence-corrected chi connectivity index (χ4v) is 2.46. The highest BCUT2D eigenvalue weighted by Crippen LogP contribution is 2.30. The van der Waals surface area contributed by atoms with Crippen molar-refractivity contribution in [1.82, 2.24) is 5.32 Å². The van der Waals surface area contributed by atoms with E-state index in [2.05, 4.69) is 5.32 Å². The topological polar surface area (TPSA) is 55.1 Å². The van der Waals surface area contributed by atoms with Crippen LogP contribution >= 0.6 is 11.8 Å². The molecule has 0 aliphatic heterocycles. The van der Waals surface area contributed by atoms with Gasteiger partial charge in [0.15, 0.2) is 0 Å². The number of alkyl halides is 3. The molecule has 22 heavy (non-hydrogen) atoms. The average molecular weight is 328 g/mol. The Morgan fingerprint density at radius 1 is 1.18 bits per heavy atom. The molecule has 0 fully saturated rings. The lowest BCUT2D eigenvalue weighted by Crippen LogP contribution is -2.35. The summed E-state index contributed by atoms with van der Waals surface area (Å²) >= 11 is -0.361. The van der Waals surface area contributed by atoms with Gasteiger partial charge in [-0.2, -0.15) is 13.2 Å². The van der Waals surface area contributed by atoms with Gasteiger partial charge >= 0.3 is 5.51 Å². The minimum Gasteiger partial charge on any atom is -0.347 e. The predicted octanol–water partition coefficient (Wildman–Crippen LogP) is 3.21. The van der Waals surface area contributed by atoms with Gasteiger partial charge in [0.1, 0.15) is 0 Å². The van der Waals surface area contributed by atoms with Crippen LogP contribution in [0.3, 0.4) is 0 Å². The molecule has 0 heterocycles. The largest absolute Gasteiger partial charge is 0.442 e. The maximum atomic E-state index is 12.1. The van der Waals surface area contributed by atoms with E-state index in [0.29, 0.717) is 0 Å². The molecule has 0 saturated carbocycles. The number of carbonyl (C=O) groups is 1. The van der Waals surface area contributed by atoms with Gasteiger partial charge in [0.05, 0.1) is 11.8 Å². The normalized spacial score (nSPS) is 13.1. The third-order valence-corrected chi connectivity index (χ3v) is 3.85. The number of fused-ring (bicyclic) bond motifs is 1. The molecule has 1 amide bonds. The Morgan fingerprint density at radius 2 is 1.86 bits per heavy atom. The lowest BCUT2D eigenvalue weighted by atomic mass is 10.0. The van der Waals surface area contributed by atoms with Gasteiger partial charge in [0.25, 0.3) is 0 Å². The third-order valence-electron chi connectivity index (χ3n) is 3.11. The van der Waals surface area contributed by atoms with Crippen LogP contribution in [0.15, 0.2) is 42.5 Å². The quantitative estimate of drug-likeness (QED) is 0.886. The fraction of sp³-hybridized carbons (Fsp3) is 0.267. The second-order valence-corrected chi connectivity index (χ2v) is 5.74. The van der Waals surface area contributed by atoms with Crippen LogP contribution in [-0.2, 0) is 4.79 Å². The number of carbonyl (C=O) groups excluding carboxylic acids is 1. The first-order chi connectivity index (χ1) is 10.4. The van der Waals surface area contributed by atoms with Crippen LogP contribution in [0.5, 0.6) is 0 Å². The number of nitrogens with one attached hydrogen (secondary N) is 1. The first kappa shape index (κ1) is 16.6. The third kappa shape index (κ3) is 4.64. The van der Waals surface area contributed by atoms with Crippen LogP contribution < -0.4 is 11.1 Å². The first-order valence-corrected chi connectivity index (χ1v) is 7.56. The van der Waals surface area contributed by atoms with E-state index >= 15 is 0 Å². The number of hydrogen-bond acceptors (Lipinski definition) is 3. The summed E-state index contributed by atoms with van der Waals surface area (Å²) in [5.41, 5.74) is 1.99. The van der Waals surface area contributed by atoms with Crippen molar-refractivity contribution in [3.8, 4) is 0 Å². The monoisotopic (exact) mass is 328 g/mol. The Kier molecular flexibility index (Phi) is 5.31. The van der Waals surface area contributed by atoms with Crippen molar-refractivity contribution in [1.29, 1.82) is 0 Å². The number of amides is 1. The van der Waals surface area contributed by atoms with Crippen molar-refractivity contribution in [2.75, 3.05) is 12.3 Å². The van der Waals surface area contributed by atoms with E-state index in [1.807, 2.05) is 42.5 Å². The van der Waals surface area contributed by atoms with Crippen LogP contribution in [0.2, 0.25) is 0 Å². The van der Waals surface area contributed by atoms with Crippen LogP contribution in [0.25, 0.3) is 10.8 Å². The molecule has 0 aliphatic carbocycles. The highest BCUT2D eigenvalue weighted by Gasteiger charge is 2.29. The standard InChI is InChI=1S/C15H15F3N2OS/c16-15(17,18)22-9-14(21)20-13(8-19)12-6-5-10-3-1-2-4-11(10)7-12/h1-7,13H,8-9,19H2,(H,20,21). The SMILES string of the molecule is NCC(NC(=O)CSC(F)(F)F)c1ccc2ccccc2c1. The fourth-order valence-electron chi connectivity index (χ4n) is 2.09. The van der Waals surface area contributed by atoms with Crippen molar-refractivity contribution >= 4 is 28.4 Å². The second-order valence-electron chi connectivity index (χ2n) is 4.70. The maximum absolute atomic E-state index is 12.1. The number of benzene rings is 2. The molecule has 1 unspecified atom stereocenters. The molecule has 2 aromatic rings. The number of halogens is 3. The van der Waals surface area contributed by atoms with Crippen molar-refractivity contribution in [3.63, 3.8) is 0 Å².